The summed E-state index contributed by atoms with van der Waals surface area (Å²) in [6, 6.07) is 7.87. The second kappa shape index (κ2) is 7.83. The minimum atomic E-state index is -2.90. The smallest absolute Gasteiger partial charge is 0.277 e. The average Bonchev–Trinajstić information content (AvgIpc) is 3.36. The molecule has 0 spiro atoms. The number of aryl methyl sites for hydroxylation is 2. The average molecular weight is 454 g/mol. The fourth-order valence-corrected chi connectivity index (χ4v) is 4.64. The highest BCUT2D eigenvalue weighted by Gasteiger charge is 2.42. The third-order valence-electron chi connectivity index (χ3n) is 6.39. The molecule has 7 nitrogen and oxygen atoms in total. The van der Waals surface area contributed by atoms with Crippen LogP contribution in [0.4, 0.5) is 8.78 Å². The Bertz CT molecular complexity index is 1300. The highest BCUT2D eigenvalue weighted by atomic mass is 19.3. The molecule has 3 heterocycles. The zero-order chi connectivity index (χ0) is 23.3. The van der Waals surface area contributed by atoms with Crippen LogP contribution in [0.5, 0.6) is 5.75 Å². The highest BCUT2D eigenvalue weighted by Crippen LogP contribution is 2.46. The van der Waals surface area contributed by atoms with E-state index in [1.54, 1.807) is 52.3 Å². The minimum Gasteiger partial charge on any atom is -0.491 e. The summed E-state index contributed by atoms with van der Waals surface area (Å²) in [4.78, 5) is 31.9. The molecule has 0 saturated heterocycles. The van der Waals surface area contributed by atoms with Crippen molar-refractivity contribution >= 4 is 5.91 Å². The number of rotatable bonds is 5. The van der Waals surface area contributed by atoms with E-state index in [0.29, 0.717) is 36.5 Å². The fourth-order valence-electron chi connectivity index (χ4n) is 4.64. The lowest BCUT2D eigenvalue weighted by atomic mass is 10.1. The molecule has 1 aliphatic heterocycles. The molecule has 0 bridgehead atoms. The topological polar surface area (TPSA) is 69.4 Å². The van der Waals surface area contributed by atoms with Crippen LogP contribution in [0.15, 0.2) is 47.7 Å². The first-order valence-electron chi connectivity index (χ1n) is 10.9. The van der Waals surface area contributed by atoms with Crippen LogP contribution in [0, 0.1) is 6.92 Å². The molecule has 1 atom stereocenters. The van der Waals surface area contributed by atoms with Gasteiger partial charge in [0.25, 0.3) is 17.4 Å². The summed E-state index contributed by atoms with van der Waals surface area (Å²) in [5.74, 6) is -3.02. The van der Waals surface area contributed by atoms with Gasteiger partial charge < -0.3 is 18.8 Å². The lowest BCUT2D eigenvalue weighted by Gasteiger charge is -2.34. The molecule has 1 aromatic carbocycles. The molecule has 1 amide bonds. The van der Waals surface area contributed by atoms with Crippen molar-refractivity contribution in [2.24, 2.45) is 0 Å². The number of alkyl halides is 2. The van der Waals surface area contributed by atoms with E-state index in [1.165, 1.54) is 4.57 Å². The van der Waals surface area contributed by atoms with Gasteiger partial charge in [-0.3, -0.25) is 9.59 Å². The van der Waals surface area contributed by atoms with Crippen molar-refractivity contribution in [3.8, 4) is 11.4 Å². The molecule has 3 aromatic rings. The van der Waals surface area contributed by atoms with E-state index in [-0.39, 0.29) is 41.8 Å². The molecule has 1 aliphatic carbocycles. The van der Waals surface area contributed by atoms with Crippen molar-refractivity contribution in [1.29, 1.82) is 0 Å². The van der Waals surface area contributed by atoms with Gasteiger partial charge >= 0.3 is 0 Å². The number of pyridine rings is 1. The van der Waals surface area contributed by atoms with Gasteiger partial charge in [0.05, 0.1) is 23.6 Å². The molecule has 9 heteroatoms. The first-order chi connectivity index (χ1) is 15.8. The van der Waals surface area contributed by atoms with Crippen LogP contribution < -0.4 is 10.3 Å². The molecule has 2 aromatic heterocycles. The zero-order valence-electron chi connectivity index (χ0n) is 18.4. The Hall–Kier alpha value is -3.49. The van der Waals surface area contributed by atoms with Crippen LogP contribution in [0.1, 0.15) is 40.7 Å². The first-order valence-corrected chi connectivity index (χ1v) is 10.9. The van der Waals surface area contributed by atoms with E-state index >= 15 is 0 Å². The zero-order valence-corrected chi connectivity index (χ0v) is 18.4. The Kier molecular flexibility index (Phi) is 5.07. The number of ether oxygens (including phenoxy) is 1. The molecule has 0 radical (unpaired) electrons. The number of benzene rings is 1. The van der Waals surface area contributed by atoms with Gasteiger partial charge in [0.1, 0.15) is 23.7 Å². The van der Waals surface area contributed by atoms with E-state index in [4.69, 9.17) is 4.74 Å². The Morgan fingerprint density at radius 1 is 1.18 bits per heavy atom. The summed E-state index contributed by atoms with van der Waals surface area (Å²) in [5, 5.41) is 0. The largest absolute Gasteiger partial charge is 0.491 e. The van der Waals surface area contributed by atoms with Crippen LogP contribution >= 0.6 is 0 Å². The van der Waals surface area contributed by atoms with Crippen LogP contribution in [0.25, 0.3) is 5.69 Å². The molecule has 0 saturated carbocycles. The molecule has 5 rings (SSSR count). The van der Waals surface area contributed by atoms with Gasteiger partial charge in [0.2, 0.25) is 0 Å². The molecular formula is C24H24F2N4O3. The Labute approximate surface area is 189 Å². The van der Waals surface area contributed by atoms with E-state index < -0.39 is 5.92 Å². The molecule has 0 N–H and O–H groups in total. The summed E-state index contributed by atoms with van der Waals surface area (Å²) >= 11 is 0. The van der Waals surface area contributed by atoms with Crippen molar-refractivity contribution in [3.63, 3.8) is 0 Å². The predicted octanol–water partition coefficient (Wildman–Crippen LogP) is 3.30. The number of hydrogen-bond acceptors (Lipinski definition) is 4. The fraction of sp³-hybridized carbons (Fsp3) is 0.375. The Morgan fingerprint density at radius 2 is 2.00 bits per heavy atom. The van der Waals surface area contributed by atoms with Crippen molar-refractivity contribution in [3.05, 3.63) is 75.7 Å². The second-order valence-electron chi connectivity index (χ2n) is 8.64. The van der Waals surface area contributed by atoms with E-state index in [0.717, 1.165) is 5.69 Å². The second-order valence-corrected chi connectivity index (χ2v) is 8.64. The van der Waals surface area contributed by atoms with Gasteiger partial charge in [0, 0.05) is 25.7 Å². The number of halogens is 2. The SMILES string of the molecule is Cc1cn(-c2ccc3n(c2=O)CCN([C@@H](C)COc2cccc4c2C(F)(F)CC4)C3=O)cn1. The van der Waals surface area contributed by atoms with Crippen LogP contribution in [-0.2, 0) is 18.9 Å². The van der Waals surface area contributed by atoms with Gasteiger partial charge in [-0.05, 0) is 44.0 Å². The molecule has 172 valence electrons. The van der Waals surface area contributed by atoms with Crippen LogP contribution in [0.3, 0.4) is 0 Å². The number of fused-ring (bicyclic) bond motifs is 2. The first kappa shape index (κ1) is 21.4. The summed E-state index contributed by atoms with van der Waals surface area (Å²) in [5.41, 5.74) is 1.82. The lowest BCUT2D eigenvalue weighted by molar-refractivity contribution is -0.00491. The third kappa shape index (κ3) is 3.61. The van der Waals surface area contributed by atoms with Crippen LogP contribution in [0.2, 0.25) is 0 Å². The molecule has 0 fully saturated rings. The number of aromatic nitrogens is 3. The molecule has 33 heavy (non-hydrogen) atoms. The number of carbonyl (C=O) groups excluding carboxylic acids is 1. The van der Waals surface area contributed by atoms with E-state index in [2.05, 4.69) is 4.98 Å². The highest BCUT2D eigenvalue weighted by molar-refractivity contribution is 5.93. The van der Waals surface area contributed by atoms with Crippen molar-refractivity contribution in [1.82, 2.24) is 19.0 Å². The van der Waals surface area contributed by atoms with E-state index in [9.17, 15) is 18.4 Å². The monoisotopic (exact) mass is 454 g/mol. The summed E-state index contributed by atoms with van der Waals surface area (Å²) in [6.45, 7) is 4.39. The molecule has 2 aliphatic rings. The number of imidazole rings is 1. The molecular weight excluding hydrogens is 430 g/mol. The number of amides is 1. The normalized spacial score (nSPS) is 17.6. The standard InChI is InChI=1S/C24H24F2N4O3/c1-15-12-28(14-27-15)18-6-7-19-23(32)29(10-11-30(19)22(18)31)16(2)13-33-20-5-3-4-17-8-9-24(25,26)21(17)20/h3-7,12,14,16H,8-11,13H2,1-2H3/t16-/m0/s1. The Morgan fingerprint density at radius 3 is 2.76 bits per heavy atom. The number of hydrogen-bond donors (Lipinski definition) is 0. The van der Waals surface area contributed by atoms with Crippen molar-refractivity contribution < 1.29 is 18.3 Å². The van der Waals surface area contributed by atoms with Gasteiger partial charge in [-0.2, -0.15) is 0 Å². The van der Waals surface area contributed by atoms with E-state index in [1.807, 2.05) is 13.8 Å². The predicted molar refractivity (Wildman–Crippen MR) is 117 cm³/mol. The van der Waals surface area contributed by atoms with Gasteiger partial charge in [-0.25, -0.2) is 13.8 Å². The summed E-state index contributed by atoms with van der Waals surface area (Å²) in [7, 11) is 0. The van der Waals surface area contributed by atoms with Crippen molar-refractivity contribution in [2.45, 2.75) is 45.2 Å². The van der Waals surface area contributed by atoms with Gasteiger partial charge in [-0.1, -0.05) is 12.1 Å². The quantitative estimate of drug-likeness (QED) is 0.593. The Balaban J connectivity index is 1.34. The number of carbonyl (C=O) groups is 1. The number of nitrogens with zero attached hydrogens (tertiary/aromatic N) is 4. The van der Waals surface area contributed by atoms with Gasteiger partial charge in [-0.15, -0.1) is 0 Å². The molecule has 0 unspecified atom stereocenters. The maximum absolute atomic E-state index is 14.3. The van der Waals surface area contributed by atoms with Gasteiger partial charge in [0.15, 0.2) is 0 Å². The van der Waals surface area contributed by atoms with Crippen LogP contribution in [-0.4, -0.2) is 44.1 Å². The minimum absolute atomic E-state index is 0.0404. The summed E-state index contributed by atoms with van der Waals surface area (Å²) < 4.78 is 37.5. The maximum Gasteiger partial charge on any atom is 0.277 e. The lowest BCUT2D eigenvalue weighted by Crippen LogP contribution is -2.50. The third-order valence-corrected chi connectivity index (χ3v) is 6.39. The maximum atomic E-state index is 14.3. The van der Waals surface area contributed by atoms with Crippen molar-refractivity contribution in [2.75, 3.05) is 13.2 Å². The summed E-state index contributed by atoms with van der Waals surface area (Å²) in [6.07, 6.45) is 3.43.